The zero-order valence-corrected chi connectivity index (χ0v) is 16.0. The van der Waals surface area contributed by atoms with Crippen molar-refractivity contribution in [2.45, 2.75) is 25.7 Å². The van der Waals surface area contributed by atoms with Crippen molar-refractivity contribution in [2.75, 3.05) is 39.3 Å². The van der Waals surface area contributed by atoms with E-state index in [0.29, 0.717) is 44.6 Å². The normalized spacial score (nSPS) is 17.4. The minimum atomic E-state index is -0.247. The molecule has 0 atom stereocenters. The lowest BCUT2D eigenvalue weighted by Crippen LogP contribution is -2.48. The first-order valence-electron chi connectivity index (χ1n) is 9.93. The van der Waals surface area contributed by atoms with Crippen LogP contribution in [0.3, 0.4) is 0 Å². The standard InChI is InChI=1S/C20H28N4O4/c25-17-5-3-15(4-6-17)18(26)21-9-10-22-19(27)16-7-13-24(14-8-16)20(28)23-11-1-2-12-23/h3-6,16,25H,1-2,7-14H2,(H,21,26)(H,22,27). The molecular weight excluding hydrogens is 360 g/mol. The summed E-state index contributed by atoms with van der Waals surface area (Å²) in [5, 5.41) is 14.8. The van der Waals surface area contributed by atoms with Crippen molar-refractivity contribution in [3.05, 3.63) is 29.8 Å². The smallest absolute Gasteiger partial charge is 0.319 e. The second kappa shape index (κ2) is 9.43. The number of aromatic hydroxyl groups is 1. The molecule has 8 heteroatoms. The summed E-state index contributed by atoms with van der Waals surface area (Å²) in [4.78, 5) is 40.4. The molecule has 1 aromatic rings. The summed E-state index contributed by atoms with van der Waals surface area (Å²) in [7, 11) is 0. The molecule has 0 spiro atoms. The average Bonchev–Trinajstić information content (AvgIpc) is 3.26. The van der Waals surface area contributed by atoms with Crippen molar-refractivity contribution in [1.82, 2.24) is 20.4 Å². The molecule has 0 saturated carbocycles. The van der Waals surface area contributed by atoms with E-state index in [2.05, 4.69) is 10.6 Å². The van der Waals surface area contributed by atoms with Gasteiger partial charge in [-0.1, -0.05) is 0 Å². The summed E-state index contributed by atoms with van der Waals surface area (Å²) in [6.45, 7) is 3.60. The van der Waals surface area contributed by atoms with E-state index >= 15 is 0 Å². The molecule has 2 fully saturated rings. The number of phenols is 1. The number of rotatable bonds is 5. The summed E-state index contributed by atoms with van der Waals surface area (Å²) in [6, 6.07) is 6.10. The number of hydrogen-bond acceptors (Lipinski definition) is 4. The Balaban J connectivity index is 1.33. The average molecular weight is 388 g/mol. The van der Waals surface area contributed by atoms with Gasteiger partial charge in [-0.2, -0.15) is 0 Å². The monoisotopic (exact) mass is 388 g/mol. The number of nitrogens with zero attached hydrogens (tertiary/aromatic N) is 2. The molecule has 2 aliphatic rings. The summed E-state index contributed by atoms with van der Waals surface area (Å²) < 4.78 is 0. The van der Waals surface area contributed by atoms with Gasteiger partial charge in [-0.15, -0.1) is 0 Å². The Hall–Kier alpha value is -2.77. The maximum Gasteiger partial charge on any atom is 0.319 e. The van der Waals surface area contributed by atoms with Crippen LogP contribution in [0.2, 0.25) is 0 Å². The number of piperidine rings is 1. The Morgan fingerprint density at radius 1 is 0.893 bits per heavy atom. The molecule has 28 heavy (non-hydrogen) atoms. The molecule has 0 bridgehead atoms. The molecule has 2 heterocycles. The Morgan fingerprint density at radius 3 is 2.11 bits per heavy atom. The number of carbonyl (C=O) groups excluding carboxylic acids is 3. The molecule has 0 unspecified atom stereocenters. The van der Waals surface area contributed by atoms with Gasteiger partial charge in [0.05, 0.1) is 0 Å². The van der Waals surface area contributed by atoms with E-state index in [4.69, 9.17) is 0 Å². The van der Waals surface area contributed by atoms with E-state index in [9.17, 15) is 19.5 Å². The SMILES string of the molecule is O=C(NCCNC(=O)C1CCN(C(=O)N2CCCC2)CC1)c1ccc(O)cc1. The summed E-state index contributed by atoms with van der Waals surface area (Å²) in [5.74, 6) is -0.248. The molecule has 0 aliphatic carbocycles. The predicted octanol–water partition coefficient (Wildman–Crippen LogP) is 1.17. The molecule has 152 valence electrons. The largest absolute Gasteiger partial charge is 0.508 e. The molecule has 4 amide bonds. The fourth-order valence-electron chi connectivity index (χ4n) is 3.66. The van der Waals surface area contributed by atoms with Crippen LogP contribution in [0.4, 0.5) is 4.79 Å². The van der Waals surface area contributed by atoms with Gasteiger partial charge in [0.25, 0.3) is 5.91 Å². The zero-order valence-electron chi connectivity index (χ0n) is 16.0. The Morgan fingerprint density at radius 2 is 1.46 bits per heavy atom. The predicted molar refractivity (Wildman–Crippen MR) is 104 cm³/mol. The van der Waals surface area contributed by atoms with Gasteiger partial charge in [-0.05, 0) is 49.9 Å². The van der Waals surface area contributed by atoms with Gasteiger partial charge in [0, 0.05) is 50.7 Å². The van der Waals surface area contributed by atoms with Crippen LogP contribution in [0.15, 0.2) is 24.3 Å². The lowest BCUT2D eigenvalue weighted by molar-refractivity contribution is -0.126. The van der Waals surface area contributed by atoms with Crippen molar-refractivity contribution in [1.29, 1.82) is 0 Å². The summed E-state index contributed by atoms with van der Waals surface area (Å²) >= 11 is 0. The quantitative estimate of drug-likeness (QED) is 0.659. The Labute approximate surface area is 164 Å². The zero-order chi connectivity index (χ0) is 19.9. The third-order valence-corrected chi connectivity index (χ3v) is 5.35. The van der Waals surface area contributed by atoms with Crippen LogP contribution in [0.25, 0.3) is 0 Å². The molecule has 2 saturated heterocycles. The van der Waals surface area contributed by atoms with E-state index in [1.165, 1.54) is 12.1 Å². The van der Waals surface area contributed by atoms with Gasteiger partial charge in [0.15, 0.2) is 0 Å². The lowest BCUT2D eigenvalue weighted by atomic mass is 9.96. The highest BCUT2D eigenvalue weighted by Gasteiger charge is 2.30. The number of carbonyl (C=O) groups is 3. The Kier molecular flexibility index (Phi) is 6.73. The minimum absolute atomic E-state index is 0.0212. The van der Waals surface area contributed by atoms with Crippen molar-refractivity contribution < 1.29 is 19.5 Å². The first kappa shape index (κ1) is 20.0. The van der Waals surface area contributed by atoms with Crippen molar-refractivity contribution in [3.63, 3.8) is 0 Å². The highest BCUT2D eigenvalue weighted by Crippen LogP contribution is 2.20. The number of nitrogens with one attached hydrogen (secondary N) is 2. The van der Waals surface area contributed by atoms with E-state index in [1.54, 1.807) is 12.1 Å². The Bertz CT molecular complexity index is 693. The van der Waals surface area contributed by atoms with E-state index in [1.807, 2.05) is 9.80 Å². The molecule has 8 nitrogen and oxygen atoms in total. The molecule has 3 N–H and O–H groups in total. The van der Waals surface area contributed by atoms with Crippen LogP contribution in [-0.2, 0) is 4.79 Å². The summed E-state index contributed by atoms with van der Waals surface area (Å²) in [5.41, 5.74) is 0.458. The van der Waals surface area contributed by atoms with Gasteiger partial charge in [-0.3, -0.25) is 9.59 Å². The van der Waals surface area contributed by atoms with Gasteiger partial charge >= 0.3 is 6.03 Å². The number of benzene rings is 1. The van der Waals surface area contributed by atoms with Crippen LogP contribution in [-0.4, -0.2) is 72.0 Å². The number of urea groups is 1. The van der Waals surface area contributed by atoms with E-state index < -0.39 is 0 Å². The van der Waals surface area contributed by atoms with Gasteiger partial charge < -0.3 is 25.5 Å². The minimum Gasteiger partial charge on any atom is -0.508 e. The maximum atomic E-state index is 12.4. The van der Waals surface area contributed by atoms with Gasteiger partial charge in [-0.25, -0.2) is 4.79 Å². The highest BCUT2D eigenvalue weighted by atomic mass is 16.3. The fourth-order valence-corrected chi connectivity index (χ4v) is 3.66. The van der Waals surface area contributed by atoms with Gasteiger partial charge in [0.2, 0.25) is 5.91 Å². The number of amides is 4. The van der Waals surface area contributed by atoms with Crippen molar-refractivity contribution in [3.8, 4) is 5.75 Å². The third-order valence-electron chi connectivity index (χ3n) is 5.35. The number of hydrogen-bond donors (Lipinski definition) is 3. The second-order valence-corrected chi connectivity index (χ2v) is 7.33. The second-order valence-electron chi connectivity index (χ2n) is 7.33. The molecule has 2 aliphatic heterocycles. The summed E-state index contributed by atoms with van der Waals surface area (Å²) in [6.07, 6.45) is 3.50. The molecule has 0 radical (unpaired) electrons. The van der Waals surface area contributed by atoms with Crippen LogP contribution >= 0.6 is 0 Å². The first-order chi connectivity index (χ1) is 13.5. The van der Waals surface area contributed by atoms with Crippen LogP contribution in [0.1, 0.15) is 36.0 Å². The van der Waals surface area contributed by atoms with E-state index in [0.717, 1.165) is 25.9 Å². The molecule has 3 rings (SSSR count). The molecular formula is C20H28N4O4. The number of phenolic OH excluding ortho intramolecular Hbond substituents is 1. The highest BCUT2D eigenvalue weighted by molar-refractivity contribution is 5.94. The fraction of sp³-hybridized carbons (Fsp3) is 0.550. The lowest BCUT2D eigenvalue weighted by Gasteiger charge is -2.34. The topological polar surface area (TPSA) is 102 Å². The van der Waals surface area contributed by atoms with Crippen molar-refractivity contribution in [2.24, 2.45) is 5.92 Å². The molecule has 1 aromatic carbocycles. The van der Waals surface area contributed by atoms with Crippen LogP contribution in [0, 0.1) is 5.92 Å². The van der Waals surface area contributed by atoms with Gasteiger partial charge in [0.1, 0.15) is 5.75 Å². The van der Waals surface area contributed by atoms with Crippen LogP contribution in [0.5, 0.6) is 5.75 Å². The van der Waals surface area contributed by atoms with E-state index in [-0.39, 0.29) is 29.5 Å². The maximum absolute atomic E-state index is 12.4. The number of likely N-dealkylation sites (tertiary alicyclic amines) is 2. The van der Waals surface area contributed by atoms with Crippen LogP contribution < -0.4 is 10.6 Å². The molecule has 0 aromatic heterocycles. The third kappa shape index (κ3) is 5.15. The first-order valence-corrected chi connectivity index (χ1v) is 9.93. The van der Waals surface area contributed by atoms with Crippen molar-refractivity contribution >= 4 is 17.8 Å².